The number of aliphatic hydroxyl groups excluding tert-OH is 1. The molecule has 0 aliphatic heterocycles. The van der Waals surface area contributed by atoms with Gasteiger partial charge in [0.15, 0.2) is 0 Å². The zero-order chi connectivity index (χ0) is 11.3. The minimum absolute atomic E-state index is 0.0318. The number of hydrogen-bond acceptors (Lipinski definition) is 3. The summed E-state index contributed by atoms with van der Waals surface area (Å²) in [5, 5.41) is 9.01. The summed E-state index contributed by atoms with van der Waals surface area (Å²) >= 11 is 0. The van der Waals surface area contributed by atoms with E-state index in [4.69, 9.17) is 9.84 Å². The molecule has 1 N–H and O–H groups in total. The fraction of sp³-hybridized carbons (Fsp3) is 0.583. The normalized spacial score (nSPS) is 12.9. The Kier molecular flexibility index (Phi) is 4.56. The summed E-state index contributed by atoms with van der Waals surface area (Å²) in [6, 6.07) is 5.74. The quantitative estimate of drug-likeness (QED) is 0.809. The molecule has 0 radical (unpaired) electrons. The number of ether oxygens (including phenoxy) is 1. The van der Waals surface area contributed by atoms with Crippen LogP contribution in [-0.2, 0) is 0 Å². The highest BCUT2D eigenvalue weighted by Crippen LogP contribution is 2.16. The summed E-state index contributed by atoms with van der Waals surface area (Å²) in [4.78, 5) is 4.37. The van der Waals surface area contributed by atoms with E-state index in [1.807, 2.05) is 25.1 Å². The minimum atomic E-state index is -0.153. The highest BCUT2D eigenvalue weighted by molar-refractivity contribution is 5.18. The van der Waals surface area contributed by atoms with Crippen LogP contribution in [0, 0.1) is 0 Å². The van der Waals surface area contributed by atoms with E-state index in [0.29, 0.717) is 11.8 Å². The summed E-state index contributed by atoms with van der Waals surface area (Å²) in [5.74, 6) is 0.991. The molecule has 1 aromatic rings. The summed E-state index contributed by atoms with van der Waals surface area (Å²) < 4.78 is 5.54. The number of pyridine rings is 1. The van der Waals surface area contributed by atoms with Crippen LogP contribution < -0.4 is 4.74 Å². The molecule has 0 aliphatic carbocycles. The molecule has 15 heavy (non-hydrogen) atoms. The van der Waals surface area contributed by atoms with E-state index in [1.54, 1.807) is 0 Å². The lowest BCUT2D eigenvalue weighted by molar-refractivity contribution is 0.108. The van der Waals surface area contributed by atoms with Gasteiger partial charge in [-0.15, -0.1) is 0 Å². The van der Waals surface area contributed by atoms with Gasteiger partial charge in [0, 0.05) is 11.8 Å². The van der Waals surface area contributed by atoms with Crippen LogP contribution in [0.5, 0.6) is 5.88 Å². The fourth-order valence-electron chi connectivity index (χ4n) is 1.24. The van der Waals surface area contributed by atoms with Gasteiger partial charge in [0.1, 0.15) is 6.10 Å². The van der Waals surface area contributed by atoms with Gasteiger partial charge in [-0.2, -0.15) is 0 Å². The van der Waals surface area contributed by atoms with Crippen LogP contribution in [0.1, 0.15) is 38.8 Å². The third kappa shape index (κ3) is 3.51. The van der Waals surface area contributed by atoms with Crippen LogP contribution >= 0.6 is 0 Å². The van der Waals surface area contributed by atoms with E-state index in [-0.39, 0.29) is 12.7 Å². The number of aliphatic hydroxyl groups is 1. The van der Waals surface area contributed by atoms with Crippen molar-refractivity contribution in [3.05, 3.63) is 23.9 Å². The van der Waals surface area contributed by atoms with Crippen molar-refractivity contribution in [3.8, 4) is 5.88 Å². The van der Waals surface area contributed by atoms with Crippen LogP contribution in [0.2, 0.25) is 0 Å². The first-order valence-electron chi connectivity index (χ1n) is 5.41. The molecule has 3 nitrogen and oxygen atoms in total. The summed E-state index contributed by atoms with van der Waals surface area (Å²) in [6.07, 6.45) is 0.629. The van der Waals surface area contributed by atoms with Gasteiger partial charge in [0.2, 0.25) is 5.88 Å². The molecular formula is C12H19NO2. The zero-order valence-electron chi connectivity index (χ0n) is 9.60. The van der Waals surface area contributed by atoms with E-state index in [9.17, 15) is 0 Å². The third-order valence-corrected chi connectivity index (χ3v) is 2.28. The van der Waals surface area contributed by atoms with Gasteiger partial charge in [0.05, 0.1) is 6.61 Å². The first kappa shape index (κ1) is 12.0. The minimum Gasteiger partial charge on any atom is -0.472 e. The maximum absolute atomic E-state index is 9.01. The number of aromatic nitrogens is 1. The molecule has 0 spiro atoms. The Labute approximate surface area is 91.1 Å². The van der Waals surface area contributed by atoms with Gasteiger partial charge >= 0.3 is 0 Å². The van der Waals surface area contributed by atoms with Gasteiger partial charge in [0.25, 0.3) is 0 Å². The van der Waals surface area contributed by atoms with Gasteiger partial charge in [-0.05, 0) is 18.4 Å². The van der Waals surface area contributed by atoms with Crippen LogP contribution in [0.3, 0.4) is 0 Å². The third-order valence-electron chi connectivity index (χ3n) is 2.28. The largest absolute Gasteiger partial charge is 0.472 e. The van der Waals surface area contributed by atoms with Gasteiger partial charge in [-0.25, -0.2) is 4.98 Å². The molecule has 0 aliphatic rings. The SMILES string of the molecule is CCC(CO)Oc1cccc(C(C)C)n1. The average molecular weight is 209 g/mol. The smallest absolute Gasteiger partial charge is 0.213 e. The Morgan fingerprint density at radius 2 is 2.13 bits per heavy atom. The molecule has 1 unspecified atom stereocenters. The Morgan fingerprint density at radius 1 is 1.40 bits per heavy atom. The second kappa shape index (κ2) is 5.71. The molecule has 0 aromatic carbocycles. The molecule has 1 heterocycles. The number of hydrogen-bond donors (Lipinski definition) is 1. The lowest BCUT2D eigenvalue weighted by atomic mass is 10.1. The predicted molar refractivity (Wildman–Crippen MR) is 60.1 cm³/mol. The standard InChI is InChI=1S/C12H19NO2/c1-4-10(8-14)15-12-7-5-6-11(13-12)9(2)3/h5-7,9-10,14H,4,8H2,1-3H3. The van der Waals surface area contributed by atoms with Gasteiger partial charge in [-0.3, -0.25) is 0 Å². The highest BCUT2D eigenvalue weighted by atomic mass is 16.5. The number of nitrogens with zero attached hydrogens (tertiary/aromatic N) is 1. The lowest BCUT2D eigenvalue weighted by Crippen LogP contribution is -2.20. The van der Waals surface area contributed by atoms with Gasteiger partial charge < -0.3 is 9.84 Å². The maximum atomic E-state index is 9.01. The van der Waals surface area contributed by atoms with E-state index in [1.165, 1.54) is 0 Å². The number of rotatable bonds is 5. The Balaban J connectivity index is 2.72. The van der Waals surface area contributed by atoms with E-state index in [2.05, 4.69) is 18.8 Å². The Bertz CT molecular complexity index is 295. The van der Waals surface area contributed by atoms with E-state index in [0.717, 1.165) is 12.1 Å². The van der Waals surface area contributed by atoms with Crippen LogP contribution in [0.15, 0.2) is 18.2 Å². The highest BCUT2D eigenvalue weighted by Gasteiger charge is 2.08. The zero-order valence-corrected chi connectivity index (χ0v) is 9.60. The molecule has 0 saturated heterocycles. The molecular weight excluding hydrogens is 190 g/mol. The van der Waals surface area contributed by atoms with Crippen molar-refractivity contribution < 1.29 is 9.84 Å². The van der Waals surface area contributed by atoms with Crippen LogP contribution in [0.4, 0.5) is 0 Å². The molecule has 1 rings (SSSR count). The molecule has 0 bridgehead atoms. The van der Waals surface area contributed by atoms with Gasteiger partial charge in [-0.1, -0.05) is 26.8 Å². The van der Waals surface area contributed by atoms with Crippen molar-refractivity contribution in [2.45, 2.75) is 39.2 Å². The Hall–Kier alpha value is -1.09. The lowest BCUT2D eigenvalue weighted by Gasteiger charge is -2.15. The van der Waals surface area contributed by atoms with Crippen LogP contribution in [0.25, 0.3) is 0 Å². The summed E-state index contributed by atoms with van der Waals surface area (Å²) in [5.41, 5.74) is 1.01. The fourth-order valence-corrected chi connectivity index (χ4v) is 1.24. The second-order valence-electron chi connectivity index (χ2n) is 3.89. The first-order valence-corrected chi connectivity index (χ1v) is 5.41. The maximum Gasteiger partial charge on any atom is 0.213 e. The van der Waals surface area contributed by atoms with Crippen molar-refractivity contribution in [2.75, 3.05) is 6.61 Å². The van der Waals surface area contributed by atoms with E-state index >= 15 is 0 Å². The van der Waals surface area contributed by atoms with Crippen LogP contribution in [-0.4, -0.2) is 22.8 Å². The van der Waals surface area contributed by atoms with Crippen molar-refractivity contribution in [1.29, 1.82) is 0 Å². The molecule has 3 heteroatoms. The first-order chi connectivity index (χ1) is 7.17. The Morgan fingerprint density at radius 3 is 2.67 bits per heavy atom. The van der Waals surface area contributed by atoms with E-state index < -0.39 is 0 Å². The second-order valence-corrected chi connectivity index (χ2v) is 3.89. The predicted octanol–water partition coefficient (Wildman–Crippen LogP) is 2.35. The average Bonchev–Trinajstić information content (AvgIpc) is 2.26. The monoisotopic (exact) mass is 209 g/mol. The molecule has 0 amide bonds. The van der Waals surface area contributed by atoms with Crippen molar-refractivity contribution in [1.82, 2.24) is 4.98 Å². The summed E-state index contributed by atoms with van der Waals surface area (Å²) in [6.45, 7) is 6.20. The van der Waals surface area contributed by atoms with Crippen molar-refractivity contribution in [2.24, 2.45) is 0 Å². The molecule has 0 fully saturated rings. The van der Waals surface area contributed by atoms with Crippen molar-refractivity contribution in [3.63, 3.8) is 0 Å². The topological polar surface area (TPSA) is 42.4 Å². The molecule has 0 saturated carbocycles. The molecule has 1 aromatic heterocycles. The molecule has 84 valence electrons. The van der Waals surface area contributed by atoms with Crippen molar-refractivity contribution >= 4 is 0 Å². The molecule has 1 atom stereocenters. The summed E-state index contributed by atoms with van der Waals surface area (Å²) in [7, 11) is 0.